The second-order valence-electron chi connectivity index (χ2n) is 9.59. The third-order valence-electron chi connectivity index (χ3n) is 7.59. The Balaban J connectivity index is 1.23. The second-order valence-corrected chi connectivity index (χ2v) is 9.59. The van der Waals surface area contributed by atoms with Crippen molar-refractivity contribution in [2.75, 3.05) is 39.4 Å². The van der Waals surface area contributed by atoms with Crippen LogP contribution in [0, 0.1) is 11.8 Å². The molecular formula is C24H31N5O2. The van der Waals surface area contributed by atoms with Crippen LogP contribution in [0.1, 0.15) is 25.7 Å². The average molecular weight is 422 g/mol. The van der Waals surface area contributed by atoms with Gasteiger partial charge >= 0.3 is 0 Å². The molecule has 6 rings (SSSR count). The first kappa shape index (κ1) is 19.6. The standard InChI is InChI=1S/C24H31N5O2/c30-23-24(7-9-31-10-8-24)27-22(29(23)15-16-12-25-13-16)18-3-1-17(2-4-18)19-5-6-21-20(11-19)14-26-28-21/h1,3-5,11,16-17,21,25-26,28H,2,6-10,12-15H2. The molecule has 6 aliphatic rings. The molecule has 164 valence electrons. The highest BCUT2D eigenvalue weighted by Crippen LogP contribution is 2.37. The van der Waals surface area contributed by atoms with Gasteiger partial charge in [-0.1, -0.05) is 30.4 Å². The number of hydrogen-bond donors (Lipinski definition) is 3. The summed E-state index contributed by atoms with van der Waals surface area (Å²) in [6.45, 7) is 4.89. The predicted molar refractivity (Wildman–Crippen MR) is 119 cm³/mol. The molecule has 2 atom stereocenters. The van der Waals surface area contributed by atoms with Crippen molar-refractivity contribution in [2.24, 2.45) is 16.8 Å². The van der Waals surface area contributed by atoms with Gasteiger partial charge in [0, 0.05) is 75.7 Å². The Labute approximate surface area is 183 Å². The molecule has 7 heteroatoms. The molecule has 31 heavy (non-hydrogen) atoms. The van der Waals surface area contributed by atoms with E-state index in [0.29, 0.717) is 43.9 Å². The number of carbonyl (C=O) groups is 1. The maximum atomic E-state index is 13.5. The maximum Gasteiger partial charge on any atom is 0.256 e. The van der Waals surface area contributed by atoms with Gasteiger partial charge in [0.1, 0.15) is 11.4 Å². The van der Waals surface area contributed by atoms with Crippen LogP contribution < -0.4 is 16.2 Å². The molecule has 0 radical (unpaired) electrons. The minimum absolute atomic E-state index is 0.182. The SMILES string of the molecule is O=C1N(CC2CNC2)C(C2=CCC(C3=CCC4NNCC4=C3)C=C2)=NC12CCOCC2. The molecule has 7 nitrogen and oxygen atoms in total. The fourth-order valence-corrected chi connectivity index (χ4v) is 5.49. The van der Waals surface area contributed by atoms with E-state index in [4.69, 9.17) is 9.73 Å². The molecule has 2 unspecified atom stereocenters. The van der Waals surface area contributed by atoms with E-state index >= 15 is 0 Å². The lowest BCUT2D eigenvalue weighted by atomic mass is 9.84. The van der Waals surface area contributed by atoms with Crippen molar-refractivity contribution in [1.82, 2.24) is 21.1 Å². The van der Waals surface area contributed by atoms with Gasteiger partial charge in [0.25, 0.3) is 5.91 Å². The molecule has 2 aliphatic carbocycles. The molecule has 0 saturated carbocycles. The monoisotopic (exact) mass is 421 g/mol. The summed E-state index contributed by atoms with van der Waals surface area (Å²) in [6.07, 6.45) is 14.9. The van der Waals surface area contributed by atoms with Crippen LogP contribution in [0.15, 0.2) is 52.1 Å². The Morgan fingerprint density at radius 3 is 2.81 bits per heavy atom. The van der Waals surface area contributed by atoms with Crippen molar-refractivity contribution in [3.8, 4) is 0 Å². The number of hydrazine groups is 1. The third-order valence-corrected chi connectivity index (χ3v) is 7.59. The van der Waals surface area contributed by atoms with Crippen molar-refractivity contribution in [3.63, 3.8) is 0 Å². The van der Waals surface area contributed by atoms with Crippen molar-refractivity contribution in [2.45, 2.75) is 37.3 Å². The van der Waals surface area contributed by atoms with E-state index in [1.807, 2.05) is 4.90 Å². The fourth-order valence-electron chi connectivity index (χ4n) is 5.49. The fraction of sp³-hybridized carbons (Fsp3) is 0.583. The molecule has 3 fully saturated rings. The number of rotatable bonds is 4. The molecule has 4 heterocycles. The van der Waals surface area contributed by atoms with E-state index in [0.717, 1.165) is 50.4 Å². The number of fused-ring (bicyclic) bond motifs is 1. The molecule has 3 saturated heterocycles. The molecule has 3 N–H and O–H groups in total. The normalized spacial score (nSPS) is 32.4. The minimum Gasteiger partial charge on any atom is -0.381 e. The van der Waals surface area contributed by atoms with Crippen LogP contribution in [0.3, 0.4) is 0 Å². The molecular weight excluding hydrogens is 390 g/mol. The van der Waals surface area contributed by atoms with Gasteiger partial charge in [-0.05, 0) is 24.0 Å². The summed E-state index contributed by atoms with van der Waals surface area (Å²) in [5, 5.41) is 3.33. The van der Waals surface area contributed by atoms with E-state index in [9.17, 15) is 4.79 Å². The minimum atomic E-state index is -0.607. The summed E-state index contributed by atoms with van der Waals surface area (Å²) >= 11 is 0. The number of hydrogen-bond acceptors (Lipinski definition) is 6. The molecule has 0 aromatic rings. The van der Waals surface area contributed by atoms with Gasteiger partial charge in [0.05, 0.1) is 0 Å². The number of nitrogens with one attached hydrogen (secondary N) is 3. The lowest BCUT2D eigenvalue weighted by Gasteiger charge is -2.34. The number of amides is 1. The number of amidine groups is 1. The first-order valence-electron chi connectivity index (χ1n) is 11.7. The number of carbonyl (C=O) groups excluding carboxylic acids is 1. The topological polar surface area (TPSA) is 78.0 Å². The Bertz CT molecular complexity index is 920. The molecule has 0 bridgehead atoms. The first-order valence-corrected chi connectivity index (χ1v) is 11.7. The summed E-state index contributed by atoms with van der Waals surface area (Å²) in [5.74, 6) is 1.98. The zero-order valence-corrected chi connectivity index (χ0v) is 17.9. The average Bonchev–Trinajstić information content (AvgIpc) is 3.35. The number of allylic oxidation sites excluding steroid dienone is 4. The zero-order valence-electron chi connectivity index (χ0n) is 17.9. The van der Waals surface area contributed by atoms with Gasteiger partial charge in [0.2, 0.25) is 0 Å². The Kier molecular flexibility index (Phi) is 4.94. The first-order chi connectivity index (χ1) is 15.2. The number of nitrogens with zero attached hydrogens (tertiary/aromatic N) is 2. The molecule has 1 amide bonds. The van der Waals surface area contributed by atoms with Gasteiger partial charge < -0.3 is 10.1 Å². The van der Waals surface area contributed by atoms with Crippen LogP contribution in [0.4, 0.5) is 0 Å². The lowest BCUT2D eigenvalue weighted by Crippen LogP contribution is -2.53. The molecule has 4 aliphatic heterocycles. The van der Waals surface area contributed by atoms with Gasteiger partial charge in [-0.2, -0.15) is 0 Å². The largest absolute Gasteiger partial charge is 0.381 e. The summed E-state index contributed by atoms with van der Waals surface area (Å²) in [5.41, 5.74) is 9.93. The van der Waals surface area contributed by atoms with E-state index in [1.54, 1.807) is 0 Å². The van der Waals surface area contributed by atoms with Gasteiger partial charge in [-0.3, -0.25) is 20.1 Å². The summed E-state index contributed by atoms with van der Waals surface area (Å²) in [6, 6.07) is 0.450. The van der Waals surface area contributed by atoms with Crippen LogP contribution in [0.5, 0.6) is 0 Å². The highest BCUT2D eigenvalue weighted by Gasteiger charge is 2.50. The van der Waals surface area contributed by atoms with E-state index in [1.165, 1.54) is 11.1 Å². The smallest absolute Gasteiger partial charge is 0.256 e. The van der Waals surface area contributed by atoms with Crippen LogP contribution in [0.25, 0.3) is 0 Å². The quantitative estimate of drug-likeness (QED) is 0.637. The van der Waals surface area contributed by atoms with Crippen LogP contribution >= 0.6 is 0 Å². The van der Waals surface area contributed by atoms with Crippen LogP contribution in [-0.2, 0) is 9.53 Å². The summed E-state index contributed by atoms with van der Waals surface area (Å²) in [7, 11) is 0. The highest BCUT2D eigenvalue weighted by molar-refractivity contribution is 6.16. The van der Waals surface area contributed by atoms with E-state index < -0.39 is 5.54 Å². The number of ether oxygens (including phenoxy) is 1. The second kappa shape index (κ2) is 7.81. The van der Waals surface area contributed by atoms with Crippen LogP contribution in [-0.4, -0.2) is 67.6 Å². The Hall–Kier alpha value is -2.06. The van der Waals surface area contributed by atoms with Crippen molar-refractivity contribution in [1.29, 1.82) is 0 Å². The van der Waals surface area contributed by atoms with Crippen LogP contribution in [0.2, 0.25) is 0 Å². The summed E-state index contributed by atoms with van der Waals surface area (Å²) < 4.78 is 5.55. The number of aliphatic imine (C=N–C) groups is 1. The third kappa shape index (κ3) is 3.44. The van der Waals surface area contributed by atoms with Crippen molar-refractivity contribution in [3.05, 3.63) is 47.1 Å². The molecule has 1 spiro atoms. The van der Waals surface area contributed by atoms with Gasteiger partial charge in [0.15, 0.2) is 0 Å². The Morgan fingerprint density at radius 1 is 1.19 bits per heavy atom. The maximum absolute atomic E-state index is 13.5. The van der Waals surface area contributed by atoms with E-state index in [-0.39, 0.29) is 5.91 Å². The zero-order chi connectivity index (χ0) is 20.8. The lowest BCUT2D eigenvalue weighted by molar-refractivity contribution is -0.134. The summed E-state index contributed by atoms with van der Waals surface area (Å²) in [4.78, 5) is 20.6. The predicted octanol–water partition coefficient (Wildman–Crippen LogP) is 1.23. The van der Waals surface area contributed by atoms with Gasteiger partial charge in [-0.15, -0.1) is 0 Å². The Morgan fingerprint density at radius 2 is 2.06 bits per heavy atom. The molecule has 0 aromatic heterocycles. The molecule has 0 aromatic carbocycles. The highest BCUT2D eigenvalue weighted by atomic mass is 16.5. The van der Waals surface area contributed by atoms with E-state index in [2.05, 4.69) is 46.5 Å². The van der Waals surface area contributed by atoms with Crippen molar-refractivity contribution >= 4 is 11.7 Å². The van der Waals surface area contributed by atoms with Gasteiger partial charge in [-0.25, -0.2) is 5.43 Å². The van der Waals surface area contributed by atoms with Crippen molar-refractivity contribution < 1.29 is 9.53 Å².